The van der Waals surface area contributed by atoms with Crippen LogP contribution in [-0.4, -0.2) is 17.6 Å². The van der Waals surface area contributed by atoms with Crippen molar-refractivity contribution in [3.05, 3.63) is 51.5 Å². The molecule has 0 aliphatic carbocycles. The van der Waals surface area contributed by atoms with E-state index in [9.17, 15) is 0 Å². The molecule has 1 aromatic heterocycles. The molecule has 2 aromatic rings. The van der Waals surface area contributed by atoms with Gasteiger partial charge in [-0.05, 0) is 44.4 Å². The van der Waals surface area contributed by atoms with Crippen molar-refractivity contribution in [2.45, 2.75) is 39.7 Å². The predicted molar refractivity (Wildman–Crippen MR) is 82.9 cm³/mol. The summed E-state index contributed by atoms with van der Waals surface area (Å²) in [5, 5.41) is 3.59. The van der Waals surface area contributed by atoms with Crippen molar-refractivity contribution in [3.63, 3.8) is 0 Å². The summed E-state index contributed by atoms with van der Waals surface area (Å²) >= 11 is 1.74. The minimum atomic E-state index is 0.492. The van der Waals surface area contributed by atoms with E-state index in [2.05, 4.69) is 49.3 Å². The molecule has 1 N–H and O–H groups in total. The maximum Gasteiger partial charge on any atom is 0.0794 e. The van der Waals surface area contributed by atoms with Crippen LogP contribution < -0.4 is 5.32 Å². The third kappa shape index (κ3) is 4.15. The van der Waals surface area contributed by atoms with Crippen LogP contribution >= 0.6 is 11.3 Å². The number of benzene rings is 1. The van der Waals surface area contributed by atoms with Gasteiger partial charge in [0.2, 0.25) is 0 Å². The van der Waals surface area contributed by atoms with Gasteiger partial charge in [-0.2, -0.15) is 0 Å². The normalized spacial score (nSPS) is 12.6. The van der Waals surface area contributed by atoms with Crippen LogP contribution in [0.5, 0.6) is 0 Å². The fraction of sp³-hybridized carbons (Fsp3) is 0.438. The molecule has 0 spiro atoms. The molecule has 3 heteroatoms. The van der Waals surface area contributed by atoms with E-state index in [4.69, 9.17) is 0 Å². The number of nitrogens with zero attached hydrogens (tertiary/aromatic N) is 1. The Morgan fingerprint density at radius 1 is 1.26 bits per heavy atom. The predicted octanol–water partition coefficient (Wildman–Crippen LogP) is 3.52. The van der Waals surface area contributed by atoms with E-state index >= 15 is 0 Å². The Labute approximate surface area is 119 Å². The minimum absolute atomic E-state index is 0.492. The Hall–Kier alpha value is -1.19. The molecule has 19 heavy (non-hydrogen) atoms. The van der Waals surface area contributed by atoms with Crippen LogP contribution in [0, 0.1) is 13.8 Å². The van der Waals surface area contributed by atoms with Gasteiger partial charge in [-0.25, -0.2) is 0 Å². The molecule has 0 saturated heterocycles. The van der Waals surface area contributed by atoms with Crippen molar-refractivity contribution >= 4 is 11.3 Å². The number of aromatic nitrogens is 1. The molecular formula is C16H22N2S. The van der Waals surface area contributed by atoms with Gasteiger partial charge in [0.25, 0.3) is 0 Å². The first-order valence-corrected chi connectivity index (χ1v) is 7.74. The van der Waals surface area contributed by atoms with Gasteiger partial charge in [0.15, 0.2) is 0 Å². The molecule has 2 nitrogen and oxygen atoms in total. The van der Waals surface area contributed by atoms with Gasteiger partial charge >= 0.3 is 0 Å². The highest BCUT2D eigenvalue weighted by atomic mass is 32.1. The summed E-state index contributed by atoms with van der Waals surface area (Å²) in [6.45, 7) is 7.54. The fourth-order valence-electron chi connectivity index (χ4n) is 2.38. The molecule has 102 valence electrons. The molecule has 0 fully saturated rings. The summed E-state index contributed by atoms with van der Waals surface area (Å²) in [4.78, 5) is 5.52. The maximum absolute atomic E-state index is 4.16. The molecule has 1 unspecified atom stereocenters. The molecule has 0 aliphatic heterocycles. The summed E-state index contributed by atoms with van der Waals surface area (Å²) in [6, 6.07) is 7.21. The zero-order valence-electron chi connectivity index (χ0n) is 11.9. The van der Waals surface area contributed by atoms with Gasteiger partial charge in [-0.1, -0.05) is 30.7 Å². The van der Waals surface area contributed by atoms with Crippen molar-refractivity contribution in [2.75, 3.05) is 6.54 Å². The van der Waals surface area contributed by atoms with Crippen molar-refractivity contribution < 1.29 is 0 Å². The quantitative estimate of drug-likeness (QED) is 0.871. The zero-order valence-corrected chi connectivity index (χ0v) is 12.8. The Morgan fingerprint density at radius 3 is 2.79 bits per heavy atom. The van der Waals surface area contributed by atoms with Gasteiger partial charge in [0.1, 0.15) is 0 Å². The first kappa shape index (κ1) is 14.2. The Bertz CT molecular complexity index is 505. The van der Waals surface area contributed by atoms with E-state index < -0.39 is 0 Å². The second-order valence-electron chi connectivity index (χ2n) is 5.06. The van der Waals surface area contributed by atoms with E-state index in [1.165, 1.54) is 21.6 Å². The lowest BCUT2D eigenvalue weighted by Crippen LogP contribution is -2.33. The average Bonchev–Trinajstić information content (AvgIpc) is 2.87. The number of hydrogen-bond donors (Lipinski definition) is 1. The largest absolute Gasteiger partial charge is 0.314 e. The standard InChI is InChI=1S/C16H22N2S/c1-4-18-15(9-16-10-17-11-19-16)8-14-7-12(2)5-6-13(14)3/h5-7,10-11,15,18H,4,8-9H2,1-3H3. The zero-order chi connectivity index (χ0) is 13.7. The van der Waals surface area contributed by atoms with E-state index in [-0.39, 0.29) is 0 Å². The topological polar surface area (TPSA) is 24.9 Å². The second kappa shape index (κ2) is 6.83. The average molecular weight is 274 g/mol. The summed E-state index contributed by atoms with van der Waals surface area (Å²) in [7, 11) is 0. The third-order valence-corrected chi connectivity index (χ3v) is 4.20. The summed E-state index contributed by atoms with van der Waals surface area (Å²) in [6.07, 6.45) is 4.13. The minimum Gasteiger partial charge on any atom is -0.314 e. The molecule has 1 atom stereocenters. The molecule has 0 bridgehead atoms. The van der Waals surface area contributed by atoms with E-state index in [1.807, 2.05) is 11.7 Å². The number of nitrogens with one attached hydrogen (secondary N) is 1. The lowest BCUT2D eigenvalue weighted by molar-refractivity contribution is 0.523. The lowest BCUT2D eigenvalue weighted by atomic mass is 9.97. The molecule has 0 saturated carbocycles. The van der Waals surface area contributed by atoms with E-state index in [1.54, 1.807) is 11.3 Å². The first-order valence-electron chi connectivity index (χ1n) is 6.86. The van der Waals surface area contributed by atoms with Crippen LogP contribution in [0.15, 0.2) is 29.9 Å². The van der Waals surface area contributed by atoms with Gasteiger partial charge in [0.05, 0.1) is 5.51 Å². The van der Waals surface area contributed by atoms with E-state index in [0.29, 0.717) is 6.04 Å². The monoisotopic (exact) mass is 274 g/mol. The highest BCUT2D eigenvalue weighted by molar-refractivity contribution is 7.09. The van der Waals surface area contributed by atoms with Crippen LogP contribution in [0.1, 0.15) is 28.5 Å². The summed E-state index contributed by atoms with van der Waals surface area (Å²) in [5.74, 6) is 0. The van der Waals surface area contributed by atoms with Crippen molar-refractivity contribution in [2.24, 2.45) is 0 Å². The van der Waals surface area contributed by atoms with Crippen LogP contribution in [0.2, 0.25) is 0 Å². The maximum atomic E-state index is 4.16. The van der Waals surface area contributed by atoms with Crippen LogP contribution in [0.25, 0.3) is 0 Å². The van der Waals surface area contributed by atoms with Gasteiger partial charge in [-0.15, -0.1) is 11.3 Å². The Morgan fingerprint density at radius 2 is 2.11 bits per heavy atom. The van der Waals surface area contributed by atoms with Crippen LogP contribution in [0.3, 0.4) is 0 Å². The van der Waals surface area contributed by atoms with Crippen molar-refractivity contribution in [1.29, 1.82) is 0 Å². The second-order valence-corrected chi connectivity index (χ2v) is 6.03. The number of likely N-dealkylation sites (N-methyl/N-ethyl adjacent to an activating group) is 1. The Balaban J connectivity index is 2.09. The number of rotatable bonds is 6. The number of hydrogen-bond acceptors (Lipinski definition) is 3. The van der Waals surface area contributed by atoms with Gasteiger partial charge in [-0.3, -0.25) is 4.98 Å². The SMILES string of the molecule is CCNC(Cc1cncs1)Cc1cc(C)ccc1C. The molecule has 0 radical (unpaired) electrons. The summed E-state index contributed by atoms with van der Waals surface area (Å²) < 4.78 is 0. The first-order chi connectivity index (χ1) is 9.19. The molecule has 1 heterocycles. The molecule has 0 aliphatic rings. The van der Waals surface area contributed by atoms with Crippen molar-refractivity contribution in [1.82, 2.24) is 10.3 Å². The van der Waals surface area contributed by atoms with Crippen LogP contribution in [0.4, 0.5) is 0 Å². The van der Waals surface area contributed by atoms with Gasteiger partial charge in [0, 0.05) is 17.1 Å². The number of thiazole rings is 1. The van der Waals surface area contributed by atoms with E-state index in [0.717, 1.165) is 19.4 Å². The third-order valence-electron chi connectivity index (χ3n) is 3.39. The highest BCUT2D eigenvalue weighted by Crippen LogP contribution is 2.16. The molecule has 0 amide bonds. The van der Waals surface area contributed by atoms with Gasteiger partial charge < -0.3 is 5.32 Å². The molecule has 1 aromatic carbocycles. The molecular weight excluding hydrogens is 252 g/mol. The smallest absolute Gasteiger partial charge is 0.0794 e. The fourth-order valence-corrected chi connectivity index (χ4v) is 3.05. The summed E-state index contributed by atoms with van der Waals surface area (Å²) in [5.41, 5.74) is 6.10. The lowest BCUT2D eigenvalue weighted by Gasteiger charge is -2.18. The Kier molecular flexibility index (Phi) is 5.11. The number of aryl methyl sites for hydroxylation is 2. The highest BCUT2D eigenvalue weighted by Gasteiger charge is 2.12. The van der Waals surface area contributed by atoms with Crippen molar-refractivity contribution in [3.8, 4) is 0 Å². The van der Waals surface area contributed by atoms with Crippen LogP contribution in [-0.2, 0) is 12.8 Å². The molecule has 2 rings (SSSR count).